The molecule has 0 aliphatic carbocycles. The number of fused-ring (bicyclic) bond motifs is 2. The Labute approximate surface area is 185 Å². The van der Waals surface area contributed by atoms with Crippen LogP contribution in [0.4, 0.5) is 0 Å². The minimum atomic E-state index is -3.04. The Morgan fingerprint density at radius 2 is 1.78 bits per heavy atom. The maximum absolute atomic E-state index is 11.3. The van der Waals surface area contributed by atoms with Crippen LogP contribution in [0.25, 0.3) is 21.7 Å². The third-order valence-corrected chi connectivity index (χ3v) is 5.84. The zero-order chi connectivity index (χ0) is 22.7. The van der Waals surface area contributed by atoms with Crippen LogP contribution in [0.1, 0.15) is 6.42 Å². The number of rotatable bonds is 8. The molecule has 0 radical (unpaired) electrons. The first-order valence-electron chi connectivity index (χ1n) is 9.86. The smallest absolute Gasteiger partial charge is 0.230 e. The predicted octanol–water partition coefficient (Wildman–Crippen LogP) is 4.10. The number of aromatic nitrogens is 2. The van der Waals surface area contributed by atoms with Crippen molar-refractivity contribution in [3.8, 4) is 28.9 Å². The second-order valence-electron chi connectivity index (χ2n) is 7.33. The van der Waals surface area contributed by atoms with Crippen molar-refractivity contribution in [1.29, 1.82) is 0 Å². The van der Waals surface area contributed by atoms with Crippen LogP contribution < -0.4 is 14.2 Å². The van der Waals surface area contributed by atoms with Crippen LogP contribution >= 0.6 is 0 Å². The van der Waals surface area contributed by atoms with E-state index in [1.165, 1.54) is 19.7 Å². The van der Waals surface area contributed by atoms with Gasteiger partial charge in [0.25, 0.3) is 0 Å². The van der Waals surface area contributed by atoms with Crippen molar-refractivity contribution in [2.24, 2.45) is 0 Å². The lowest BCUT2D eigenvalue weighted by molar-refractivity contribution is 0.295. The van der Waals surface area contributed by atoms with Crippen molar-refractivity contribution in [3.05, 3.63) is 54.9 Å². The van der Waals surface area contributed by atoms with E-state index in [2.05, 4.69) is 9.97 Å². The number of phenols is 1. The van der Waals surface area contributed by atoms with E-state index in [1.54, 1.807) is 24.3 Å². The van der Waals surface area contributed by atoms with Gasteiger partial charge in [0.15, 0.2) is 11.5 Å². The molecule has 0 fully saturated rings. The van der Waals surface area contributed by atoms with Gasteiger partial charge in [-0.1, -0.05) is 12.1 Å². The van der Waals surface area contributed by atoms with Crippen molar-refractivity contribution in [1.82, 2.24) is 9.97 Å². The van der Waals surface area contributed by atoms with E-state index in [0.29, 0.717) is 40.5 Å². The molecule has 0 saturated heterocycles. The molecule has 8 nitrogen and oxygen atoms in total. The molecule has 0 aliphatic heterocycles. The van der Waals surface area contributed by atoms with E-state index in [1.807, 2.05) is 24.3 Å². The molecule has 166 valence electrons. The van der Waals surface area contributed by atoms with E-state index in [9.17, 15) is 13.5 Å². The average molecular weight is 455 g/mol. The lowest BCUT2D eigenvalue weighted by atomic mass is 10.1. The van der Waals surface area contributed by atoms with E-state index in [4.69, 9.17) is 14.2 Å². The Morgan fingerprint density at radius 1 is 0.969 bits per heavy atom. The van der Waals surface area contributed by atoms with Crippen LogP contribution in [0.15, 0.2) is 54.9 Å². The van der Waals surface area contributed by atoms with Crippen molar-refractivity contribution < 1.29 is 27.7 Å². The predicted molar refractivity (Wildman–Crippen MR) is 122 cm³/mol. The molecule has 32 heavy (non-hydrogen) atoms. The average Bonchev–Trinajstić information content (AvgIpc) is 2.75. The van der Waals surface area contributed by atoms with Crippen LogP contribution in [-0.4, -0.2) is 49.2 Å². The summed E-state index contributed by atoms with van der Waals surface area (Å²) in [6, 6.07) is 14.1. The number of methoxy groups -OCH3 is 1. The van der Waals surface area contributed by atoms with Crippen LogP contribution in [0.5, 0.6) is 28.9 Å². The molecule has 0 amide bonds. The number of aromatic hydroxyl groups is 1. The minimum absolute atomic E-state index is 0.0482. The molecule has 0 spiro atoms. The van der Waals surface area contributed by atoms with Crippen molar-refractivity contribution in [3.63, 3.8) is 0 Å². The lowest BCUT2D eigenvalue weighted by Crippen LogP contribution is -2.08. The maximum Gasteiger partial charge on any atom is 0.230 e. The summed E-state index contributed by atoms with van der Waals surface area (Å²) in [5, 5.41) is 12.2. The highest BCUT2D eigenvalue weighted by molar-refractivity contribution is 7.90. The fourth-order valence-corrected chi connectivity index (χ4v) is 3.93. The van der Waals surface area contributed by atoms with E-state index in [0.717, 1.165) is 10.8 Å². The first-order valence-corrected chi connectivity index (χ1v) is 11.9. The highest BCUT2D eigenvalue weighted by atomic mass is 32.2. The largest absolute Gasteiger partial charge is 0.508 e. The molecule has 4 aromatic rings. The zero-order valence-corrected chi connectivity index (χ0v) is 18.4. The lowest BCUT2D eigenvalue weighted by Gasteiger charge is -2.13. The van der Waals surface area contributed by atoms with Crippen LogP contribution in [0, 0.1) is 0 Å². The Morgan fingerprint density at radius 3 is 2.56 bits per heavy atom. The van der Waals surface area contributed by atoms with Gasteiger partial charge in [-0.2, -0.15) is 0 Å². The first kappa shape index (κ1) is 21.6. The summed E-state index contributed by atoms with van der Waals surface area (Å²) in [6.07, 6.45) is 2.96. The van der Waals surface area contributed by atoms with Crippen molar-refractivity contribution >= 4 is 31.5 Å². The van der Waals surface area contributed by atoms with Gasteiger partial charge in [0.2, 0.25) is 5.88 Å². The summed E-state index contributed by atoms with van der Waals surface area (Å²) in [4.78, 5) is 8.55. The van der Waals surface area contributed by atoms with Crippen LogP contribution in [0.2, 0.25) is 0 Å². The van der Waals surface area contributed by atoms with Gasteiger partial charge in [0.1, 0.15) is 27.7 Å². The fourth-order valence-electron chi connectivity index (χ4n) is 3.28. The van der Waals surface area contributed by atoms with Crippen molar-refractivity contribution in [2.45, 2.75) is 6.42 Å². The SMILES string of the molecule is COc1cc2c(Oc3ccc4ccc(O)cc4c3)ncnc2cc1OCCCS(C)(=O)=O. The second-order valence-corrected chi connectivity index (χ2v) is 9.59. The van der Waals surface area contributed by atoms with E-state index in [-0.39, 0.29) is 18.1 Å². The highest BCUT2D eigenvalue weighted by Crippen LogP contribution is 2.36. The molecule has 0 unspecified atom stereocenters. The molecule has 0 aliphatic rings. The molecule has 0 bridgehead atoms. The zero-order valence-electron chi connectivity index (χ0n) is 17.6. The standard InChI is InChI=1S/C23H22N2O6S/c1-29-21-12-19-20(13-22(21)30-8-3-9-32(2,27)28)24-14-25-23(19)31-18-7-5-15-4-6-17(26)10-16(15)11-18/h4-7,10-14,26H,3,8-9H2,1-2H3. The Hall–Kier alpha value is -3.59. The Kier molecular flexibility index (Phi) is 6.00. The van der Waals surface area contributed by atoms with E-state index < -0.39 is 9.84 Å². The summed E-state index contributed by atoms with van der Waals surface area (Å²) < 4.78 is 39.8. The number of hydrogen-bond acceptors (Lipinski definition) is 8. The van der Waals surface area contributed by atoms with Gasteiger partial charge < -0.3 is 19.3 Å². The summed E-state index contributed by atoms with van der Waals surface area (Å²) in [6.45, 7) is 0.229. The molecule has 1 N–H and O–H groups in total. The second kappa shape index (κ2) is 8.88. The Bertz CT molecular complexity index is 1390. The van der Waals surface area contributed by atoms with Gasteiger partial charge in [0, 0.05) is 12.3 Å². The number of phenolic OH excluding ortho intramolecular Hbond substituents is 1. The minimum Gasteiger partial charge on any atom is -0.508 e. The number of hydrogen-bond donors (Lipinski definition) is 1. The summed E-state index contributed by atoms with van der Waals surface area (Å²) in [5.74, 6) is 2.04. The number of sulfone groups is 1. The normalized spacial score (nSPS) is 11.6. The molecular formula is C23H22N2O6S. The summed E-state index contributed by atoms with van der Waals surface area (Å²) in [5.41, 5.74) is 0.590. The highest BCUT2D eigenvalue weighted by Gasteiger charge is 2.14. The van der Waals surface area contributed by atoms with Gasteiger partial charge in [-0.15, -0.1) is 0 Å². The van der Waals surface area contributed by atoms with Crippen molar-refractivity contribution in [2.75, 3.05) is 25.7 Å². The molecule has 9 heteroatoms. The molecule has 1 aromatic heterocycles. The molecule has 3 aromatic carbocycles. The monoisotopic (exact) mass is 454 g/mol. The molecular weight excluding hydrogens is 432 g/mol. The van der Waals surface area contributed by atoms with Gasteiger partial charge in [-0.3, -0.25) is 0 Å². The molecule has 0 saturated carbocycles. The van der Waals surface area contributed by atoms with Crippen LogP contribution in [-0.2, 0) is 9.84 Å². The van der Waals surface area contributed by atoms with Gasteiger partial charge in [0.05, 0.1) is 30.4 Å². The fraction of sp³-hybridized carbons (Fsp3) is 0.217. The summed E-state index contributed by atoms with van der Waals surface area (Å²) in [7, 11) is -1.52. The molecule has 0 atom stereocenters. The number of ether oxygens (including phenoxy) is 3. The van der Waals surface area contributed by atoms with Gasteiger partial charge in [-0.05, 0) is 47.5 Å². The third-order valence-electron chi connectivity index (χ3n) is 4.81. The third kappa shape index (κ3) is 5.00. The summed E-state index contributed by atoms with van der Waals surface area (Å²) >= 11 is 0. The number of nitrogens with zero attached hydrogens (tertiary/aromatic N) is 2. The Balaban J connectivity index is 1.61. The quantitative estimate of drug-likeness (QED) is 0.397. The number of benzene rings is 3. The molecule has 4 rings (SSSR count). The molecule has 1 heterocycles. The maximum atomic E-state index is 11.3. The van der Waals surface area contributed by atoms with E-state index >= 15 is 0 Å². The topological polar surface area (TPSA) is 108 Å². The van der Waals surface area contributed by atoms with Gasteiger partial charge >= 0.3 is 0 Å². The van der Waals surface area contributed by atoms with Crippen LogP contribution in [0.3, 0.4) is 0 Å². The van der Waals surface area contributed by atoms with Gasteiger partial charge in [-0.25, -0.2) is 18.4 Å². The first-order chi connectivity index (χ1) is 15.3.